The van der Waals surface area contributed by atoms with E-state index in [1.165, 1.54) is 0 Å². The molecule has 1 saturated heterocycles. The van der Waals surface area contributed by atoms with Gasteiger partial charge >= 0.3 is 0 Å². The summed E-state index contributed by atoms with van der Waals surface area (Å²) in [5.74, 6) is 0.908. The van der Waals surface area contributed by atoms with Crippen molar-refractivity contribution in [3.05, 3.63) is 71.9 Å². The average molecular weight is 417 g/mol. The van der Waals surface area contributed by atoms with Gasteiger partial charge < -0.3 is 21.1 Å². The molecule has 0 aliphatic carbocycles. The fraction of sp³-hybridized carbons (Fsp3) is 0.280. The van der Waals surface area contributed by atoms with Crippen molar-refractivity contribution in [3.63, 3.8) is 0 Å². The minimum Gasteiger partial charge on any atom is -0.492 e. The molecule has 1 aromatic heterocycles. The number of para-hydroxylation sites is 1. The summed E-state index contributed by atoms with van der Waals surface area (Å²) >= 11 is 0. The van der Waals surface area contributed by atoms with Gasteiger partial charge in [-0.1, -0.05) is 30.8 Å². The number of hydrogen-bond donors (Lipinski definition) is 2. The van der Waals surface area contributed by atoms with Crippen LogP contribution >= 0.6 is 0 Å². The highest BCUT2D eigenvalue weighted by atomic mass is 16.5. The molecule has 4 N–H and O–H groups in total. The summed E-state index contributed by atoms with van der Waals surface area (Å²) in [6, 6.07) is 15.1. The first-order valence-corrected chi connectivity index (χ1v) is 10.6. The number of rotatable bonds is 5. The average Bonchev–Trinajstić information content (AvgIpc) is 2.76. The zero-order chi connectivity index (χ0) is 22.0. The van der Waals surface area contributed by atoms with Crippen LogP contribution in [0, 0.1) is 12.8 Å². The number of carbonyl (C=O) groups excluding carboxylic acids is 1. The van der Waals surface area contributed by atoms with Crippen molar-refractivity contribution in [2.45, 2.75) is 19.8 Å². The van der Waals surface area contributed by atoms with E-state index in [-0.39, 0.29) is 11.8 Å². The standard InChI is InChI=1S/C25H28N4O2/c1-16-13-20(19-8-3-4-10-22(19)28-16)25(30)29-12-6-7-18(14-29)15-31-23-11-5-9-21(27)24(23)17(2)26/h3-5,8-11,13,18H,2,6-7,12,14-15,26-27H2,1H3/t18-/m0/s1. The number of benzene rings is 2. The number of piperidine rings is 1. The van der Waals surface area contributed by atoms with Gasteiger partial charge in [-0.2, -0.15) is 0 Å². The van der Waals surface area contributed by atoms with Crippen LogP contribution < -0.4 is 16.2 Å². The smallest absolute Gasteiger partial charge is 0.254 e. The van der Waals surface area contributed by atoms with Crippen LogP contribution in [0.4, 0.5) is 5.69 Å². The number of amides is 1. The predicted molar refractivity (Wildman–Crippen MR) is 125 cm³/mol. The Hall–Kier alpha value is -3.54. The Morgan fingerprint density at radius 2 is 2.06 bits per heavy atom. The second-order valence-electron chi connectivity index (χ2n) is 8.14. The van der Waals surface area contributed by atoms with E-state index < -0.39 is 0 Å². The molecule has 3 aromatic rings. The molecule has 0 unspecified atom stereocenters. The van der Waals surface area contributed by atoms with Gasteiger partial charge in [0, 0.05) is 41.5 Å². The van der Waals surface area contributed by atoms with Crippen molar-refractivity contribution in [1.82, 2.24) is 9.88 Å². The summed E-state index contributed by atoms with van der Waals surface area (Å²) < 4.78 is 6.07. The van der Waals surface area contributed by atoms with Crippen LogP contribution in [0.2, 0.25) is 0 Å². The van der Waals surface area contributed by atoms with Gasteiger partial charge in [0.1, 0.15) is 5.75 Å². The fourth-order valence-electron chi connectivity index (χ4n) is 4.26. The predicted octanol–water partition coefficient (Wildman–Crippen LogP) is 3.99. The first-order valence-electron chi connectivity index (χ1n) is 10.6. The number of ether oxygens (including phenoxy) is 1. The Balaban J connectivity index is 1.49. The molecule has 1 fully saturated rings. The summed E-state index contributed by atoms with van der Waals surface area (Å²) in [6.45, 7) is 7.61. The summed E-state index contributed by atoms with van der Waals surface area (Å²) in [6.07, 6.45) is 1.94. The Kier molecular flexibility index (Phi) is 5.80. The Labute approximate surface area is 182 Å². The Bertz CT molecular complexity index is 1140. The number of carbonyl (C=O) groups is 1. The molecule has 2 heterocycles. The largest absolute Gasteiger partial charge is 0.492 e. The molecular weight excluding hydrogens is 388 g/mol. The molecule has 6 heteroatoms. The van der Waals surface area contributed by atoms with Gasteiger partial charge in [0.2, 0.25) is 0 Å². The molecule has 1 aliphatic rings. The molecule has 1 aliphatic heterocycles. The van der Waals surface area contributed by atoms with Crippen molar-refractivity contribution in [2.24, 2.45) is 11.7 Å². The van der Waals surface area contributed by atoms with Crippen molar-refractivity contribution in [3.8, 4) is 5.75 Å². The molecule has 31 heavy (non-hydrogen) atoms. The molecule has 1 amide bonds. The van der Waals surface area contributed by atoms with Crippen molar-refractivity contribution >= 4 is 28.2 Å². The summed E-state index contributed by atoms with van der Waals surface area (Å²) in [5.41, 5.74) is 15.9. The molecule has 0 spiro atoms. The third-order valence-electron chi connectivity index (χ3n) is 5.73. The topological polar surface area (TPSA) is 94.5 Å². The number of fused-ring (bicyclic) bond motifs is 1. The van der Waals surface area contributed by atoms with Gasteiger partial charge in [0.25, 0.3) is 5.91 Å². The van der Waals surface area contributed by atoms with Crippen molar-refractivity contribution in [2.75, 3.05) is 25.4 Å². The summed E-state index contributed by atoms with van der Waals surface area (Å²) in [5, 5.41) is 0.891. The molecular formula is C25H28N4O2. The number of aromatic nitrogens is 1. The second-order valence-corrected chi connectivity index (χ2v) is 8.14. The van der Waals surface area contributed by atoms with Crippen LogP contribution in [0.3, 0.4) is 0 Å². The van der Waals surface area contributed by atoms with E-state index in [0.29, 0.717) is 41.4 Å². The highest BCUT2D eigenvalue weighted by molar-refractivity contribution is 6.06. The number of anilines is 1. The van der Waals surface area contributed by atoms with Crippen LogP contribution in [0.15, 0.2) is 55.1 Å². The molecule has 2 aromatic carbocycles. The molecule has 0 bridgehead atoms. The number of nitrogen functional groups attached to an aromatic ring is 1. The van der Waals surface area contributed by atoms with Crippen LogP contribution in [-0.4, -0.2) is 35.5 Å². The maximum absolute atomic E-state index is 13.4. The summed E-state index contributed by atoms with van der Waals surface area (Å²) in [7, 11) is 0. The minimum atomic E-state index is 0.0476. The van der Waals surface area contributed by atoms with Gasteiger partial charge in [0.05, 0.1) is 23.3 Å². The van der Waals surface area contributed by atoms with E-state index in [4.69, 9.17) is 16.2 Å². The number of nitrogens with two attached hydrogens (primary N) is 2. The van der Waals surface area contributed by atoms with E-state index in [1.54, 1.807) is 6.07 Å². The maximum Gasteiger partial charge on any atom is 0.254 e. The zero-order valence-corrected chi connectivity index (χ0v) is 17.8. The van der Waals surface area contributed by atoms with Gasteiger partial charge in [-0.15, -0.1) is 0 Å². The first-order chi connectivity index (χ1) is 14.9. The zero-order valence-electron chi connectivity index (χ0n) is 17.8. The van der Waals surface area contributed by atoms with Crippen LogP contribution in [-0.2, 0) is 0 Å². The highest BCUT2D eigenvalue weighted by Crippen LogP contribution is 2.30. The highest BCUT2D eigenvalue weighted by Gasteiger charge is 2.26. The third-order valence-corrected chi connectivity index (χ3v) is 5.73. The van der Waals surface area contributed by atoms with Gasteiger partial charge in [-0.25, -0.2) is 0 Å². The summed E-state index contributed by atoms with van der Waals surface area (Å²) in [4.78, 5) is 19.9. The lowest BCUT2D eigenvalue weighted by Crippen LogP contribution is -2.41. The van der Waals surface area contributed by atoms with Gasteiger partial charge in [-0.05, 0) is 44.0 Å². The monoisotopic (exact) mass is 416 g/mol. The first kappa shape index (κ1) is 20.7. The number of likely N-dealkylation sites (tertiary alicyclic amines) is 1. The minimum absolute atomic E-state index is 0.0476. The number of pyridine rings is 1. The molecule has 0 radical (unpaired) electrons. The van der Waals surface area contributed by atoms with Crippen molar-refractivity contribution < 1.29 is 9.53 Å². The fourth-order valence-corrected chi connectivity index (χ4v) is 4.26. The second kappa shape index (κ2) is 8.68. The van der Waals surface area contributed by atoms with Crippen molar-refractivity contribution in [1.29, 1.82) is 0 Å². The molecule has 4 rings (SSSR count). The van der Waals surface area contributed by atoms with E-state index in [1.807, 2.05) is 54.3 Å². The number of aryl methyl sites for hydroxylation is 1. The third kappa shape index (κ3) is 4.33. The van der Waals surface area contributed by atoms with Gasteiger partial charge in [-0.3, -0.25) is 9.78 Å². The Morgan fingerprint density at radius 3 is 2.87 bits per heavy atom. The molecule has 160 valence electrons. The van der Waals surface area contributed by atoms with Crippen LogP contribution in [0.1, 0.15) is 34.5 Å². The van der Waals surface area contributed by atoms with Crippen LogP contribution in [0.25, 0.3) is 16.6 Å². The lowest BCUT2D eigenvalue weighted by molar-refractivity contribution is 0.0635. The van der Waals surface area contributed by atoms with Gasteiger partial charge in [0.15, 0.2) is 0 Å². The number of nitrogens with zero attached hydrogens (tertiary/aromatic N) is 2. The van der Waals surface area contributed by atoms with E-state index in [9.17, 15) is 4.79 Å². The van der Waals surface area contributed by atoms with E-state index in [0.717, 1.165) is 36.0 Å². The van der Waals surface area contributed by atoms with Crippen LogP contribution in [0.5, 0.6) is 5.75 Å². The Morgan fingerprint density at radius 1 is 1.26 bits per heavy atom. The number of hydrogen-bond acceptors (Lipinski definition) is 5. The normalized spacial score (nSPS) is 16.3. The van der Waals surface area contributed by atoms with E-state index >= 15 is 0 Å². The molecule has 0 saturated carbocycles. The molecule has 1 atom stereocenters. The molecule has 6 nitrogen and oxygen atoms in total. The quantitative estimate of drug-likeness (QED) is 0.614. The van der Waals surface area contributed by atoms with E-state index in [2.05, 4.69) is 11.6 Å². The SMILES string of the molecule is C=C(N)c1c(N)cccc1OC[C@H]1CCCN(C(=O)c2cc(C)nc3ccccc23)C1. The lowest BCUT2D eigenvalue weighted by atomic mass is 9.97. The lowest BCUT2D eigenvalue weighted by Gasteiger charge is -2.33. The maximum atomic E-state index is 13.4.